The Balaban J connectivity index is 2.20. The highest BCUT2D eigenvalue weighted by molar-refractivity contribution is 6.30. The lowest BCUT2D eigenvalue weighted by Crippen LogP contribution is -2.06. The van der Waals surface area contributed by atoms with Crippen molar-refractivity contribution < 1.29 is 14.2 Å². The van der Waals surface area contributed by atoms with Crippen LogP contribution in [-0.4, -0.2) is 17.2 Å². The third kappa shape index (κ3) is 3.43. The molecule has 0 aliphatic rings. The Morgan fingerprint density at radius 1 is 1.37 bits per heavy atom. The summed E-state index contributed by atoms with van der Waals surface area (Å²) in [6.07, 6.45) is -0.810. The van der Waals surface area contributed by atoms with Gasteiger partial charge in [0, 0.05) is 17.5 Å². The predicted octanol–water partition coefficient (Wildman–Crippen LogP) is 3.16. The summed E-state index contributed by atoms with van der Waals surface area (Å²) >= 11 is 5.81. The van der Waals surface area contributed by atoms with Gasteiger partial charge in [0.05, 0.1) is 12.8 Å². The second-order valence-electron chi connectivity index (χ2n) is 4.06. The van der Waals surface area contributed by atoms with Crippen molar-refractivity contribution in [2.24, 2.45) is 0 Å². The van der Waals surface area contributed by atoms with E-state index < -0.39 is 11.9 Å². The van der Waals surface area contributed by atoms with Crippen LogP contribution < -0.4 is 4.74 Å². The molecule has 5 heteroatoms. The maximum absolute atomic E-state index is 13.6. The average Bonchev–Trinajstić information content (AvgIpc) is 2.43. The number of ether oxygens (including phenoxy) is 1. The largest absolute Gasteiger partial charge is 0.481 e. The lowest BCUT2D eigenvalue weighted by molar-refractivity contribution is 0.171. The van der Waals surface area contributed by atoms with Crippen LogP contribution in [-0.2, 0) is 6.42 Å². The molecule has 0 amide bonds. The van der Waals surface area contributed by atoms with Gasteiger partial charge in [0.2, 0.25) is 5.88 Å². The van der Waals surface area contributed by atoms with Gasteiger partial charge in [0.15, 0.2) is 0 Å². The third-order valence-corrected chi connectivity index (χ3v) is 2.95. The first-order valence-electron chi connectivity index (χ1n) is 5.73. The maximum atomic E-state index is 13.6. The van der Waals surface area contributed by atoms with Crippen LogP contribution in [0, 0.1) is 5.82 Å². The van der Waals surface area contributed by atoms with Crippen LogP contribution in [0.1, 0.15) is 17.4 Å². The van der Waals surface area contributed by atoms with Crippen molar-refractivity contribution in [2.45, 2.75) is 12.5 Å². The van der Waals surface area contributed by atoms with Crippen LogP contribution in [0.15, 0.2) is 36.4 Å². The van der Waals surface area contributed by atoms with E-state index in [0.29, 0.717) is 22.2 Å². The Kier molecular flexibility index (Phi) is 4.35. The molecule has 3 nitrogen and oxygen atoms in total. The van der Waals surface area contributed by atoms with Crippen LogP contribution >= 0.6 is 11.6 Å². The Bertz CT molecular complexity index is 577. The number of aliphatic hydroxyl groups excluding tert-OH is 1. The molecule has 0 saturated carbocycles. The average molecular weight is 282 g/mol. The first kappa shape index (κ1) is 13.8. The predicted molar refractivity (Wildman–Crippen MR) is 70.9 cm³/mol. The van der Waals surface area contributed by atoms with Gasteiger partial charge in [-0.3, -0.25) is 0 Å². The molecule has 0 fully saturated rings. The van der Waals surface area contributed by atoms with Gasteiger partial charge >= 0.3 is 0 Å². The molecule has 1 aromatic carbocycles. The van der Waals surface area contributed by atoms with E-state index in [2.05, 4.69) is 4.98 Å². The Morgan fingerprint density at radius 2 is 2.16 bits per heavy atom. The molecule has 2 aromatic rings. The van der Waals surface area contributed by atoms with Gasteiger partial charge in [-0.15, -0.1) is 0 Å². The highest BCUT2D eigenvalue weighted by atomic mass is 35.5. The fourth-order valence-corrected chi connectivity index (χ4v) is 1.94. The van der Waals surface area contributed by atoms with Crippen LogP contribution in [0.3, 0.4) is 0 Å². The lowest BCUT2D eigenvalue weighted by atomic mass is 10.0. The molecule has 0 aliphatic carbocycles. The fraction of sp³-hybridized carbons (Fsp3) is 0.214. The van der Waals surface area contributed by atoms with Gasteiger partial charge < -0.3 is 9.84 Å². The quantitative estimate of drug-likeness (QED) is 0.936. The highest BCUT2D eigenvalue weighted by Gasteiger charge is 2.14. The van der Waals surface area contributed by atoms with Crippen molar-refractivity contribution in [1.29, 1.82) is 0 Å². The lowest BCUT2D eigenvalue weighted by Gasteiger charge is -2.12. The van der Waals surface area contributed by atoms with Crippen LogP contribution in [0.4, 0.5) is 4.39 Å². The van der Waals surface area contributed by atoms with Gasteiger partial charge in [-0.2, -0.15) is 0 Å². The molecule has 0 bridgehead atoms. The minimum Gasteiger partial charge on any atom is -0.481 e. The van der Waals surface area contributed by atoms with E-state index in [-0.39, 0.29) is 6.42 Å². The molecule has 1 unspecified atom stereocenters. The summed E-state index contributed by atoms with van der Waals surface area (Å²) < 4.78 is 18.6. The molecule has 1 heterocycles. The molecular weight excluding hydrogens is 269 g/mol. The van der Waals surface area contributed by atoms with E-state index >= 15 is 0 Å². The SMILES string of the molecule is COc1cccc(C(O)Cc2cc(Cl)ccc2F)n1. The molecular formula is C14H13ClFNO2. The maximum Gasteiger partial charge on any atom is 0.213 e. The summed E-state index contributed by atoms with van der Waals surface area (Å²) in [4.78, 5) is 4.11. The summed E-state index contributed by atoms with van der Waals surface area (Å²) in [6.45, 7) is 0. The minimum atomic E-state index is -0.914. The van der Waals surface area contributed by atoms with Gasteiger partial charge in [-0.05, 0) is 29.8 Å². The van der Waals surface area contributed by atoms with Crippen molar-refractivity contribution in [2.75, 3.05) is 7.11 Å². The zero-order valence-corrected chi connectivity index (χ0v) is 11.1. The summed E-state index contributed by atoms with van der Waals surface area (Å²) in [5, 5.41) is 10.5. The summed E-state index contributed by atoms with van der Waals surface area (Å²) in [5.41, 5.74) is 0.781. The summed E-state index contributed by atoms with van der Waals surface area (Å²) in [5.74, 6) is 0.00876. The van der Waals surface area contributed by atoms with Gasteiger partial charge in [-0.1, -0.05) is 17.7 Å². The Morgan fingerprint density at radius 3 is 2.89 bits per heavy atom. The molecule has 1 N–H and O–H groups in total. The van der Waals surface area contributed by atoms with Crippen molar-refractivity contribution >= 4 is 11.6 Å². The summed E-state index contributed by atoms with van der Waals surface area (Å²) in [6, 6.07) is 9.31. The fourth-order valence-electron chi connectivity index (χ4n) is 1.74. The number of pyridine rings is 1. The normalized spacial score (nSPS) is 12.2. The molecule has 0 saturated heterocycles. The van der Waals surface area contributed by atoms with E-state index in [9.17, 15) is 9.50 Å². The van der Waals surface area contributed by atoms with E-state index in [1.165, 1.54) is 25.3 Å². The van der Waals surface area contributed by atoms with E-state index in [1.807, 2.05) is 0 Å². The number of aliphatic hydroxyl groups is 1. The zero-order chi connectivity index (χ0) is 13.8. The van der Waals surface area contributed by atoms with Crippen molar-refractivity contribution in [3.8, 4) is 5.88 Å². The van der Waals surface area contributed by atoms with Crippen molar-refractivity contribution in [3.05, 3.63) is 58.5 Å². The first-order valence-corrected chi connectivity index (χ1v) is 6.11. The van der Waals surface area contributed by atoms with Gasteiger partial charge in [0.1, 0.15) is 11.9 Å². The second-order valence-corrected chi connectivity index (χ2v) is 4.50. The third-order valence-electron chi connectivity index (χ3n) is 2.72. The number of nitrogens with zero attached hydrogens (tertiary/aromatic N) is 1. The van der Waals surface area contributed by atoms with Crippen LogP contribution in [0.5, 0.6) is 5.88 Å². The van der Waals surface area contributed by atoms with Crippen molar-refractivity contribution in [1.82, 2.24) is 4.98 Å². The number of hydrogen-bond donors (Lipinski definition) is 1. The number of rotatable bonds is 4. The number of benzene rings is 1. The van der Waals surface area contributed by atoms with Crippen LogP contribution in [0.25, 0.3) is 0 Å². The van der Waals surface area contributed by atoms with E-state index in [0.717, 1.165) is 0 Å². The monoisotopic (exact) mass is 281 g/mol. The molecule has 0 spiro atoms. The number of hydrogen-bond acceptors (Lipinski definition) is 3. The number of halogens is 2. The molecule has 2 rings (SSSR count). The smallest absolute Gasteiger partial charge is 0.213 e. The minimum absolute atomic E-state index is 0.104. The Labute approximate surface area is 115 Å². The first-order chi connectivity index (χ1) is 9.10. The Hall–Kier alpha value is -1.65. The van der Waals surface area contributed by atoms with E-state index in [1.54, 1.807) is 18.2 Å². The van der Waals surface area contributed by atoms with Gasteiger partial charge in [-0.25, -0.2) is 9.37 Å². The number of methoxy groups -OCH3 is 1. The molecule has 100 valence electrons. The summed E-state index contributed by atoms with van der Waals surface area (Å²) in [7, 11) is 1.50. The topological polar surface area (TPSA) is 42.4 Å². The zero-order valence-electron chi connectivity index (χ0n) is 10.3. The molecule has 0 radical (unpaired) electrons. The van der Waals surface area contributed by atoms with Crippen molar-refractivity contribution in [3.63, 3.8) is 0 Å². The van der Waals surface area contributed by atoms with Gasteiger partial charge in [0.25, 0.3) is 0 Å². The molecule has 0 aliphatic heterocycles. The standard InChI is InChI=1S/C14H13ClFNO2/c1-19-14-4-2-3-12(17-14)13(18)8-9-7-10(15)5-6-11(9)16/h2-7,13,18H,8H2,1H3. The number of aromatic nitrogens is 1. The van der Waals surface area contributed by atoms with E-state index in [4.69, 9.17) is 16.3 Å². The molecule has 19 heavy (non-hydrogen) atoms. The van der Waals surface area contributed by atoms with Crippen LogP contribution in [0.2, 0.25) is 5.02 Å². The highest BCUT2D eigenvalue weighted by Crippen LogP contribution is 2.22. The second kappa shape index (κ2) is 5.99. The molecule has 1 aromatic heterocycles. The molecule has 1 atom stereocenters.